The van der Waals surface area contributed by atoms with Crippen molar-refractivity contribution < 1.29 is 0 Å². The predicted molar refractivity (Wildman–Crippen MR) is 66.8 cm³/mol. The SMILES string of the molecule is CCCCC#Cc1ccc(CCC)cc1. The molecule has 0 nitrogen and oxygen atoms in total. The van der Waals surface area contributed by atoms with E-state index in [1.54, 1.807) is 0 Å². The van der Waals surface area contributed by atoms with Gasteiger partial charge in [-0.1, -0.05) is 50.7 Å². The van der Waals surface area contributed by atoms with Crippen molar-refractivity contribution in [3.05, 3.63) is 35.4 Å². The molecule has 80 valence electrons. The Kier molecular flexibility index (Phi) is 5.63. The summed E-state index contributed by atoms with van der Waals surface area (Å²) in [6, 6.07) is 8.63. The Morgan fingerprint density at radius 1 is 1.00 bits per heavy atom. The first kappa shape index (κ1) is 11.9. The summed E-state index contributed by atoms with van der Waals surface area (Å²) in [6.07, 6.45) is 5.84. The van der Waals surface area contributed by atoms with Gasteiger partial charge in [-0.05, 0) is 30.5 Å². The standard InChI is InChI=1S/C15H20/c1-3-5-6-7-9-15-12-10-14(8-4-2)11-13-15/h10-13H,3-6,8H2,1-2H3. The molecule has 0 spiro atoms. The highest BCUT2D eigenvalue weighted by Gasteiger charge is 1.90. The molecule has 1 rings (SSSR count). The van der Waals surface area contributed by atoms with Crippen LogP contribution in [0.2, 0.25) is 0 Å². The molecule has 0 aliphatic carbocycles. The molecular formula is C15H20. The highest BCUT2D eigenvalue weighted by molar-refractivity contribution is 5.36. The van der Waals surface area contributed by atoms with Gasteiger partial charge in [-0.25, -0.2) is 0 Å². The van der Waals surface area contributed by atoms with Crippen LogP contribution in [0.5, 0.6) is 0 Å². The lowest BCUT2D eigenvalue weighted by atomic mass is 10.1. The van der Waals surface area contributed by atoms with Crippen LogP contribution in [0, 0.1) is 11.8 Å². The zero-order valence-electron chi connectivity index (χ0n) is 9.84. The van der Waals surface area contributed by atoms with Crippen LogP contribution in [-0.4, -0.2) is 0 Å². The molecule has 0 atom stereocenters. The van der Waals surface area contributed by atoms with Gasteiger partial charge in [-0.2, -0.15) is 0 Å². The topological polar surface area (TPSA) is 0 Å². The first-order chi connectivity index (χ1) is 7.36. The zero-order chi connectivity index (χ0) is 10.9. The third-order valence-corrected chi connectivity index (χ3v) is 2.38. The maximum Gasteiger partial charge on any atom is 0.0245 e. The van der Waals surface area contributed by atoms with E-state index in [0.29, 0.717) is 0 Å². The smallest absolute Gasteiger partial charge is 0.0245 e. The molecule has 0 heteroatoms. The van der Waals surface area contributed by atoms with Gasteiger partial charge in [0.2, 0.25) is 0 Å². The van der Waals surface area contributed by atoms with Crippen molar-refractivity contribution in [2.75, 3.05) is 0 Å². The minimum Gasteiger partial charge on any atom is -0.0979 e. The fraction of sp³-hybridized carbons (Fsp3) is 0.467. The number of aryl methyl sites for hydroxylation is 1. The summed E-state index contributed by atoms with van der Waals surface area (Å²) in [7, 11) is 0. The van der Waals surface area contributed by atoms with Gasteiger partial charge in [-0.3, -0.25) is 0 Å². The number of hydrogen-bond donors (Lipinski definition) is 0. The van der Waals surface area contributed by atoms with Gasteiger partial charge < -0.3 is 0 Å². The largest absolute Gasteiger partial charge is 0.0979 e. The third-order valence-electron chi connectivity index (χ3n) is 2.38. The van der Waals surface area contributed by atoms with Crippen LogP contribution in [0.1, 0.15) is 50.7 Å². The minimum absolute atomic E-state index is 1.02. The van der Waals surface area contributed by atoms with E-state index < -0.39 is 0 Å². The highest BCUT2D eigenvalue weighted by Crippen LogP contribution is 2.05. The van der Waals surface area contributed by atoms with Gasteiger partial charge in [0.25, 0.3) is 0 Å². The molecule has 0 amide bonds. The maximum absolute atomic E-state index is 3.20. The van der Waals surface area contributed by atoms with Gasteiger partial charge in [-0.15, -0.1) is 0 Å². The van der Waals surface area contributed by atoms with E-state index in [-0.39, 0.29) is 0 Å². The van der Waals surface area contributed by atoms with Crippen LogP contribution in [0.3, 0.4) is 0 Å². The van der Waals surface area contributed by atoms with Crippen LogP contribution in [0.4, 0.5) is 0 Å². The second-order valence-corrected chi connectivity index (χ2v) is 3.85. The summed E-state index contributed by atoms with van der Waals surface area (Å²) in [5.74, 6) is 6.40. The summed E-state index contributed by atoms with van der Waals surface area (Å²) in [5, 5.41) is 0. The highest BCUT2D eigenvalue weighted by atomic mass is 13.9. The maximum atomic E-state index is 3.20. The lowest BCUT2D eigenvalue weighted by molar-refractivity contribution is 0.828. The molecule has 0 aromatic heterocycles. The van der Waals surface area contributed by atoms with Crippen LogP contribution in [0.25, 0.3) is 0 Å². The molecule has 0 N–H and O–H groups in total. The van der Waals surface area contributed by atoms with E-state index in [0.717, 1.165) is 12.0 Å². The molecule has 0 radical (unpaired) electrons. The Bertz CT molecular complexity index is 321. The molecule has 0 bridgehead atoms. The molecular weight excluding hydrogens is 180 g/mol. The minimum atomic E-state index is 1.02. The molecule has 1 aromatic carbocycles. The first-order valence-electron chi connectivity index (χ1n) is 5.94. The molecule has 0 heterocycles. The second kappa shape index (κ2) is 7.12. The van der Waals surface area contributed by atoms with Gasteiger partial charge in [0.15, 0.2) is 0 Å². The summed E-state index contributed by atoms with van der Waals surface area (Å²) >= 11 is 0. The van der Waals surface area contributed by atoms with Crippen molar-refractivity contribution in [3.63, 3.8) is 0 Å². The summed E-state index contributed by atoms with van der Waals surface area (Å²) in [5.41, 5.74) is 2.56. The Labute approximate surface area is 93.7 Å². The average molecular weight is 200 g/mol. The zero-order valence-corrected chi connectivity index (χ0v) is 9.84. The normalized spacial score (nSPS) is 9.47. The van der Waals surface area contributed by atoms with Crippen molar-refractivity contribution in [2.24, 2.45) is 0 Å². The quantitative estimate of drug-likeness (QED) is 0.505. The Hall–Kier alpha value is -1.22. The van der Waals surface area contributed by atoms with Crippen LogP contribution < -0.4 is 0 Å². The number of unbranched alkanes of at least 4 members (excludes halogenated alkanes) is 2. The summed E-state index contributed by atoms with van der Waals surface area (Å²) < 4.78 is 0. The third kappa shape index (κ3) is 4.70. The van der Waals surface area contributed by atoms with E-state index in [1.165, 1.54) is 31.2 Å². The van der Waals surface area contributed by atoms with Crippen molar-refractivity contribution in [1.82, 2.24) is 0 Å². The molecule has 0 saturated carbocycles. The van der Waals surface area contributed by atoms with Crippen molar-refractivity contribution in [1.29, 1.82) is 0 Å². The Morgan fingerprint density at radius 2 is 1.73 bits per heavy atom. The van der Waals surface area contributed by atoms with Crippen LogP contribution >= 0.6 is 0 Å². The molecule has 0 unspecified atom stereocenters. The predicted octanol–water partition coefficient (Wildman–Crippen LogP) is 4.18. The van der Waals surface area contributed by atoms with Crippen molar-refractivity contribution in [2.45, 2.75) is 46.0 Å². The number of hydrogen-bond acceptors (Lipinski definition) is 0. The van der Waals surface area contributed by atoms with Gasteiger partial charge in [0, 0.05) is 12.0 Å². The van der Waals surface area contributed by atoms with Crippen molar-refractivity contribution >= 4 is 0 Å². The fourth-order valence-electron chi connectivity index (χ4n) is 1.47. The number of benzene rings is 1. The molecule has 0 aliphatic heterocycles. The van der Waals surface area contributed by atoms with E-state index in [4.69, 9.17) is 0 Å². The molecule has 0 saturated heterocycles. The van der Waals surface area contributed by atoms with Crippen LogP contribution in [-0.2, 0) is 6.42 Å². The van der Waals surface area contributed by atoms with E-state index in [2.05, 4.69) is 50.0 Å². The van der Waals surface area contributed by atoms with Crippen molar-refractivity contribution in [3.8, 4) is 11.8 Å². The van der Waals surface area contributed by atoms with E-state index in [9.17, 15) is 0 Å². The molecule has 1 aromatic rings. The first-order valence-corrected chi connectivity index (χ1v) is 5.94. The Morgan fingerprint density at radius 3 is 2.33 bits per heavy atom. The van der Waals surface area contributed by atoms with Crippen LogP contribution in [0.15, 0.2) is 24.3 Å². The molecule has 0 aliphatic rings. The number of rotatable bonds is 4. The Balaban J connectivity index is 2.51. The lowest BCUT2D eigenvalue weighted by Crippen LogP contribution is -1.82. The lowest BCUT2D eigenvalue weighted by Gasteiger charge is -1.97. The summed E-state index contributed by atoms with van der Waals surface area (Å²) in [6.45, 7) is 4.40. The summed E-state index contributed by atoms with van der Waals surface area (Å²) in [4.78, 5) is 0. The fourth-order valence-corrected chi connectivity index (χ4v) is 1.47. The second-order valence-electron chi connectivity index (χ2n) is 3.85. The average Bonchev–Trinajstić information content (AvgIpc) is 2.27. The van der Waals surface area contributed by atoms with Gasteiger partial charge >= 0.3 is 0 Å². The monoisotopic (exact) mass is 200 g/mol. The van der Waals surface area contributed by atoms with Gasteiger partial charge in [0.1, 0.15) is 0 Å². The van der Waals surface area contributed by atoms with E-state index >= 15 is 0 Å². The van der Waals surface area contributed by atoms with Gasteiger partial charge in [0.05, 0.1) is 0 Å². The molecule has 0 fully saturated rings. The molecule has 15 heavy (non-hydrogen) atoms. The van der Waals surface area contributed by atoms with E-state index in [1.807, 2.05) is 0 Å².